The molecule has 0 unspecified atom stereocenters. The van der Waals surface area contributed by atoms with Crippen molar-refractivity contribution in [3.63, 3.8) is 0 Å². The molecular formula is C84H72BN5O. The molecule has 0 aliphatic carbocycles. The summed E-state index contributed by atoms with van der Waals surface area (Å²) in [5, 5.41) is 4.62. The molecule has 4 heterocycles. The summed E-state index contributed by atoms with van der Waals surface area (Å²) in [6.07, 6.45) is 0. The van der Waals surface area contributed by atoms with Crippen LogP contribution in [0.3, 0.4) is 0 Å². The number of fused-ring (bicyclic) bond motifs is 11. The highest BCUT2D eigenvalue weighted by molar-refractivity contribution is 7.02. The van der Waals surface area contributed by atoms with Crippen LogP contribution in [0.4, 0.5) is 68.2 Å². The average Bonchev–Trinajstić information content (AvgIpc) is 1.65. The molecule has 12 aromatic carbocycles. The molecule has 16 rings (SSSR count). The van der Waals surface area contributed by atoms with Crippen molar-refractivity contribution in [2.45, 2.75) is 78.6 Å². The molecule has 0 saturated heterocycles. The van der Waals surface area contributed by atoms with E-state index in [0.29, 0.717) is 0 Å². The van der Waals surface area contributed by atoms with Gasteiger partial charge in [-0.3, -0.25) is 0 Å². The van der Waals surface area contributed by atoms with Gasteiger partial charge in [-0.15, -0.1) is 0 Å². The fraction of sp³-hybridized carbons (Fsp3) is 0.143. The Morgan fingerprint density at radius 2 is 0.813 bits per heavy atom. The van der Waals surface area contributed by atoms with Gasteiger partial charge in [0.1, 0.15) is 5.58 Å². The van der Waals surface area contributed by atoms with E-state index in [1.165, 1.54) is 49.4 Å². The Morgan fingerprint density at radius 3 is 1.41 bits per heavy atom. The molecule has 0 fully saturated rings. The molecule has 14 aromatic rings. The third-order valence-corrected chi connectivity index (χ3v) is 19.0. The number of rotatable bonds is 9. The Morgan fingerprint density at radius 1 is 0.330 bits per heavy atom. The summed E-state index contributed by atoms with van der Waals surface area (Å²) in [7, 11) is 0. The van der Waals surface area contributed by atoms with Crippen LogP contribution in [0.2, 0.25) is 0 Å². The van der Waals surface area contributed by atoms with E-state index in [0.717, 1.165) is 101 Å². The van der Waals surface area contributed by atoms with Gasteiger partial charge in [-0.25, -0.2) is 0 Å². The van der Waals surface area contributed by atoms with E-state index in [4.69, 9.17) is 4.42 Å². The second-order valence-corrected chi connectivity index (χ2v) is 27.8. The number of para-hydroxylation sites is 6. The number of nitrogens with zero attached hydrogens (tertiary/aromatic N) is 5. The van der Waals surface area contributed by atoms with E-state index in [2.05, 4.69) is 359 Å². The molecule has 0 atom stereocenters. The zero-order valence-electron chi connectivity index (χ0n) is 53.2. The first-order chi connectivity index (χ1) is 44.1. The van der Waals surface area contributed by atoms with E-state index < -0.39 is 0 Å². The number of benzene rings is 12. The van der Waals surface area contributed by atoms with E-state index in [1.54, 1.807) is 0 Å². The Labute approximate surface area is 534 Å². The van der Waals surface area contributed by atoms with Crippen molar-refractivity contribution in [1.82, 2.24) is 4.57 Å². The minimum atomic E-state index is -0.243. The Bertz CT molecular complexity index is 5070. The lowest BCUT2D eigenvalue weighted by molar-refractivity contribution is 0.590. The number of hydrogen-bond donors (Lipinski definition) is 0. The van der Waals surface area contributed by atoms with Crippen molar-refractivity contribution in [3.05, 3.63) is 290 Å². The van der Waals surface area contributed by atoms with Crippen molar-refractivity contribution < 1.29 is 4.42 Å². The van der Waals surface area contributed by atoms with Gasteiger partial charge in [0.25, 0.3) is 6.71 Å². The van der Waals surface area contributed by atoms with Crippen LogP contribution in [0.15, 0.2) is 277 Å². The predicted molar refractivity (Wildman–Crippen MR) is 388 cm³/mol. The summed E-state index contributed by atoms with van der Waals surface area (Å²) >= 11 is 0. The van der Waals surface area contributed by atoms with Crippen molar-refractivity contribution in [2.75, 3.05) is 19.6 Å². The molecule has 0 N–H and O–H groups in total. The molecule has 6 nitrogen and oxygen atoms in total. The maximum absolute atomic E-state index is 6.99. The van der Waals surface area contributed by atoms with E-state index in [-0.39, 0.29) is 23.0 Å². The van der Waals surface area contributed by atoms with Gasteiger partial charge in [0.05, 0.1) is 22.4 Å². The second-order valence-electron chi connectivity index (χ2n) is 27.8. The van der Waals surface area contributed by atoms with Crippen LogP contribution in [-0.4, -0.2) is 11.3 Å². The zero-order chi connectivity index (χ0) is 62.1. The first-order valence-electron chi connectivity index (χ1n) is 32.0. The van der Waals surface area contributed by atoms with Crippen molar-refractivity contribution in [1.29, 1.82) is 0 Å². The van der Waals surface area contributed by atoms with Gasteiger partial charge in [0.2, 0.25) is 0 Å². The first-order valence-corrected chi connectivity index (χ1v) is 32.0. The third-order valence-electron chi connectivity index (χ3n) is 19.0. The molecule has 0 amide bonds. The summed E-state index contributed by atoms with van der Waals surface area (Å²) in [5.74, 6) is 0. The smallest absolute Gasteiger partial charge is 0.253 e. The molecule has 0 radical (unpaired) electrons. The zero-order valence-corrected chi connectivity index (χ0v) is 53.2. The summed E-state index contributed by atoms with van der Waals surface area (Å²) < 4.78 is 9.47. The maximum atomic E-state index is 6.99. The summed E-state index contributed by atoms with van der Waals surface area (Å²) in [5.41, 5.74) is 25.4. The van der Waals surface area contributed by atoms with Crippen LogP contribution in [0, 0.1) is 0 Å². The third kappa shape index (κ3) is 9.23. The largest absolute Gasteiger partial charge is 0.454 e. The Balaban J connectivity index is 1.05. The van der Waals surface area contributed by atoms with Crippen LogP contribution in [0.25, 0.3) is 49.4 Å². The second kappa shape index (κ2) is 21.1. The molecule has 7 heteroatoms. The monoisotopic (exact) mass is 1180 g/mol. The maximum Gasteiger partial charge on any atom is 0.253 e. The predicted octanol–water partition coefficient (Wildman–Crippen LogP) is 21.6. The number of anilines is 12. The SMILES string of the molecule is CC(C)(C)c1ccc(N2c3cc(N(c4ccc(C(C)(C)C)cc4)c4cccc5c4oc4ccccc45)ccc3B3c4c2cc(N(c2ccccc2)c2ccccc2)cc4N(c2ccc(C(C)(C)C)cc2)c2ccc4c(c23)c2ccccc2n4-c2ccccc2)cc1. The topological polar surface area (TPSA) is 31.0 Å². The first kappa shape index (κ1) is 55.8. The lowest BCUT2D eigenvalue weighted by Crippen LogP contribution is -2.61. The van der Waals surface area contributed by atoms with E-state index >= 15 is 0 Å². The van der Waals surface area contributed by atoms with Crippen molar-refractivity contribution in [3.8, 4) is 5.69 Å². The van der Waals surface area contributed by atoms with Crippen LogP contribution < -0.4 is 36.0 Å². The average molecular weight is 1180 g/mol. The lowest BCUT2D eigenvalue weighted by Gasteiger charge is -2.45. The molecule has 2 aromatic heterocycles. The van der Waals surface area contributed by atoms with Crippen LogP contribution in [0.5, 0.6) is 0 Å². The standard InChI is InChI=1S/C84H72BN5O/c1-82(2,3)55-36-42-61(43-37-55)87(73-34-23-32-67-66-30-20-22-35-77(66)91-81(67)73)64-48-49-69-74(52-64)90(63-46-40-57(41-47-63)84(7,8)9)76-54-65(86(58-24-13-10-14-25-58)59-26-15-11-16-27-59)53-75-79(76)85(69)80-72(89(75)62-44-38-56(39-45-62)83(4,5)6)51-50-71-78(80)68-31-19-21-33-70(68)88(71)60-28-17-12-18-29-60/h10-54H,1-9H3. The quantitative estimate of drug-likeness (QED) is 0.134. The van der Waals surface area contributed by atoms with E-state index in [9.17, 15) is 0 Å². The minimum Gasteiger partial charge on any atom is -0.454 e. The van der Waals surface area contributed by atoms with Crippen molar-refractivity contribution in [2.24, 2.45) is 0 Å². The van der Waals surface area contributed by atoms with Gasteiger partial charge in [0, 0.05) is 84.1 Å². The van der Waals surface area contributed by atoms with Crippen LogP contribution >= 0.6 is 0 Å². The number of furan rings is 1. The summed E-state index contributed by atoms with van der Waals surface area (Å²) in [6, 6.07) is 102. The number of hydrogen-bond acceptors (Lipinski definition) is 5. The van der Waals surface area contributed by atoms with Crippen LogP contribution in [0.1, 0.15) is 79.0 Å². The fourth-order valence-electron chi connectivity index (χ4n) is 14.5. The Hall–Kier alpha value is -10.5. The van der Waals surface area contributed by atoms with Gasteiger partial charge in [-0.2, -0.15) is 0 Å². The fourth-order valence-corrected chi connectivity index (χ4v) is 14.5. The lowest BCUT2D eigenvalue weighted by atomic mass is 9.33. The molecule has 0 spiro atoms. The normalized spacial score (nSPS) is 13.0. The van der Waals surface area contributed by atoms with Gasteiger partial charge < -0.3 is 28.6 Å². The van der Waals surface area contributed by atoms with Gasteiger partial charge >= 0.3 is 0 Å². The van der Waals surface area contributed by atoms with E-state index in [1.807, 2.05) is 0 Å². The van der Waals surface area contributed by atoms with Crippen molar-refractivity contribution >= 4 is 135 Å². The highest BCUT2D eigenvalue weighted by atomic mass is 16.3. The van der Waals surface area contributed by atoms with Gasteiger partial charge in [0.15, 0.2) is 5.58 Å². The highest BCUT2D eigenvalue weighted by Crippen LogP contribution is 2.52. The van der Waals surface area contributed by atoms with Gasteiger partial charge in [-0.05, 0) is 177 Å². The molecule has 2 aliphatic rings. The molecule has 91 heavy (non-hydrogen) atoms. The summed E-state index contributed by atoms with van der Waals surface area (Å²) in [6.45, 7) is 20.4. The summed E-state index contributed by atoms with van der Waals surface area (Å²) in [4.78, 5) is 10.0. The van der Waals surface area contributed by atoms with Gasteiger partial charge in [-0.1, -0.05) is 208 Å². The Kier molecular flexibility index (Phi) is 12.9. The molecule has 2 aliphatic heterocycles. The molecule has 0 saturated carbocycles. The highest BCUT2D eigenvalue weighted by Gasteiger charge is 2.46. The minimum absolute atomic E-state index is 0.0424. The van der Waals surface area contributed by atoms with Crippen LogP contribution in [-0.2, 0) is 16.2 Å². The number of aromatic nitrogens is 1. The molecule has 0 bridgehead atoms. The molecule has 442 valence electrons. The molecular weight excluding hydrogens is 1110 g/mol.